The number of hydrogen-bond acceptors (Lipinski definition) is 2. The molecule has 0 rings (SSSR count). The van der Waals surface area contributed by atoms with E-state index in [1.807, 2.05) is 0 Å². The van der Waals surface area contributed by atoms with Crippen LogP contribution in [0.1, 0.15) is 6.92 Å². The molecule has 52 valence electrons. The van der Waals surface area contributed by atoms with Gasteiger partial charge >= 0.3 is 6.03 Å². The average Bonchev–Trinajstić information content (AvgIpc) is 1.33. The quantitative estimate of drug-likeness (QED) is 0.424. The first-order valence-corrected chi connectivity index (χ1v) is 1.80. The van der Waals surface area contributed by atoms with E-state index in [4.69, 9.17) is 9.90 Å². The largest absolute Gasteiger partial charge is 0.397 e. The molecule has 0 unspecified atom stereocenters. The van der Waals surface area contributed by atoms with Gasteiger partial charge in [0.15, 0.2) is 0 Å². The van der Waals surface area contributed by atoms with Crippen LogP contribution in [-0.2, 0) is 0 Å². The van der Waals surface area contributed by atoms with Crippen LogP contribution in [0.2, 0.25) is 0 Å². The van der Waals surface area contributed by atoms with E-state index in [1.165, 1.54) is 0 Å². The number of hydrogen-bond donors (Lipinski definition) is 3. The molecule has 0 aliphatic heterocycles. The molecule has 0 saturated heterocycles. The molecule has 2 amide bonds. The average molecular weight is 143 g/mol. The second-order valence-electron chi connectivity index (χ2n) is 0.719. The Morgan fingerprint density at radius 3 is 1.62 bits per heavy atom. The first-order valence-electron chi connectivity index (χ1n) is 1.80. The van der Waals surface area contributed by atoms with Gasteiger partial charge in [-0.2, -0.15) is 0 Å². The molecule has 0 fully saturated rings. The van der Waals surface area contributed by atoms with E-state index in [0.29, 0.717) is 0 Å². The molecule has 8 heavy (non-hydrogen) atoms. The molecule has 0 aromatic rings. The second kappa shape index (κ2) is 16.0. The molecule has 0 aliphatic carbocycles. The van der Waals surface area contributed by atoms with Crippen molar-refractivity contribution in [3.63, 3.8) is 0 Å². The van der Waals surface area contributed by atoms with Gasteiger partial charge in [0.25, 0.3) is 0 Å². The Hall–Kier alpha value is -0.480. The van der Waals surface area contributed by atoms with Crippen molar-refractivity contribution in [2.75, 3.05) is 6.61 Å². The zero-order chi connectivity index (χ0) is 6.28. The number of nitrogens with two attached hydrogens (primary N) is 2. The summed E-state index contributed by atoms with van der Waals surface area (Å²) in [5.41, 5.74) is 8.50. The summed E-state index contributed by atoms with van der Waals surface area (Å²) in [4.78, 5) is 9.00. The lowest BCUT2D eigenvalue weighted by Gasteiger charge is -1.62. The van der Waals surface area contributed by atoms with Crippen molar-refractivity contribution in [1.29, 1.82) is 0 Å². The van der Waals surface area contributed by atoms with Crippen molar-refractivity contribution in [3.05, 3.63) is 0 Å². The van der Waals surface area contributed by atoms with E-state index in [9.17, 15) is 0 Å². The molecule has 0 saturated carbocycles. The van der Waals surface area contributed by atoms with E-state index in [0.717, 1.165) is 0 Å². The number of urea groups is 1. The predicted molar refractivity (Wildman–Crippen MR) is 33.8 cm³/mol. The molecular weight excluding hydrogens is 131 g/mol. The summed E-state index contributed by atoms with van der Waals surface area (Å²) in [7, 11) is 0. The van der Waals surface area contributed by atoms with Crippen molar-refractivity contribution in [2.24, 2.45) is 11.5 Å². The standard InChI is InChI=1S/C2H6O.CH4N2O.ClH/c1-2-3;2-1(3)4;/h3H,2H2,1H3;(H4,2,3,4);1H. The number of halogens is 1. The van der Waals surface area contributed by atoms with Crippen LogP contribution in [0.15, 0.2) is 0 Å². The van der Waals surface area contributed by atoms with Gasteiger partial charge in [-0.05, 0) is 6.92 Å². The molecule has 0 aliphatic rings. The van der Waals surface area contributed by atoms with Gasteiger partial charge in [-0.1, -0.05) is 0 Å². The highest BCUT2D eigenvalue weighted by atomic mass is 35.5. The minimum Gasteiger partial charge on any atom is -0.397 e. The van der Waals surface area contributed by atoms with Gasteiger partial charge in [0, 0.05) is 6.61 Å². The second-order valence-corrected chi connectivity index (χ2v) is 0.719. The minimum absolute atomic E-state index is 0. The molecule has 0 aromatic heterocycles. The normalized spacial score (nSPS) is 5.25. The number of carbonyl (C=O) groups excluding carboxylic acids is 1. The molecule has 0 aromatic carbocycles. The van der Waals surface area contributed by atoms with E-state index in [-0.39, 0.29) is 19.0 Å². The van der Waals surface area contributed by atoms with Crippen LogP contribution in [0.4, 0.5) is 4.79 Å². The van der Waals surface area contributed by atoms with Crippen molar-refractivity contribution >= 4 is 18.4 Å². The Morgan fingerprint density at radius 2 is 1.62 bits per heavy atom. The monoisotopic (exact) mass is 142 g/mol. The van der Waals surface area contributed by atoms with Gasteiger partial charge in [-0.3, -0.25) is 0 Å². The van der Waals surface area contributed by atoms with Gasteiger partial charge in [0.2, 0.25) is 0 Å². The number of amides is 2. The SMILES string of the molecule is CCO.Cl.NC(N)=O. The van der Waals surface area contributed by atoms with Crippen molar-refractivity contribution in [2.45, 2.75) is 6.92 Å². The summed E-state index contributed by atoms with van der Waals surface area (Å²) in [5.74, 6) is 0. The van der Waals surface area contributed by atoms with Crippen LogP contribution in [0, 0.1) is 0 Å². The van der Waals surface area contributed by atoms with Crippen molar-refractivity contribution < 1.29 is 9.90 Å². The topological polar surface area (TPSA) is 89.3 Å². The molecule has 0 heterocycles. The summed E-state index contributed by atoms with van der Waals surface area (Å²) >= 11 is 0. The fourth-order valence-electron chi connectivity index (χ4n) is 0. The summed E-state index contributed by atoms with van der Waals surface area (Å²) < 4.78 is 0. The third-order valence-corrected chi connectivity index (χ3v) is 0. The molecule has 0 spiro atoms. The van der Waals surface area contributed by atoms with Crippen LogP contribution < -0.4 is 11.5 Å². The molecule has 5 heteroatoms. The van der Waals surface area contributed by atoms with Crippen LogP contribution in [0.25, 0.3) is 0 Å². The van der Waals surface area contributed by atoms with Crippen LogP contribution in [0.5, 0.6) is 0 Å². The van der Waals surface area contributed by atoms with Crippen molar-refractivity contribution in [3.8, 4) is 0 Å². The first-order chi connectivity index (χ1) is 3.15. The molecule has 4 nitrogen and oxygen atoms in total. The predicted octanol–water partition coefficient (Wildman–Crippen LogP) is -0.556. The van der Waals surface area contributed by atoms with E-state index < -0.39 is 6.03 Å². The Balaban J connectivity index is -0.0000000575. The molecule has 0 bridgehead atoms. The molecule has 0 atom stereocenters. The highest BCUT2D eigenvalue weighted by molar-refractivity contribution is 5.85. The van der Waals surface area contributed by atoms with Gasteiger partial charge in [0.05, 0.1) is 0 Å². The van der Waals surface area contributed by atoms with Crippen LogP contribution >= 0.6 is 12.4 Å². The number of carbonyl (C=O) groups is 1. The Morgan fingerprint density at radius 1 is 1.62 bits per heavy atom. The van der Waals surface area contributed by atoms with Gasteiger partial charge in [0.1, 0.15) is 0 Å². The van der Waals surface area contributed by atoms with E-state index in [1.54, 1.807) is 6.92 Å². The lowest BCUT2D eigenvalue weighted by molar-refractivity contribution is 0.256. The zero-order valence-corrected chi connectivity index (χ0v) is 5.44. The Bertz CT molecular complexity index is 46.5. The number of aliphatic hydroxyl groups is 1. The lowest BCUT2D eigenvalue weighted by Crippen LogP contribution is -2.18. The Kier molecular flexibility index (Phi) is 31.4. The molecule has 5 N–H and O–H groups in total. The van der Waals surface area contributed by atoms with Crippen LogP contribution in [-0.4, -0.2) is 17.7 Å². The molecule has 0 radical (unpaired) electrons. The van der Waals surface area contributed by atoms with Gasteiger partial charge in [-0.25, -0.2) is 4.79 Å². The third kappa shape index (κ3) is 489. The van der Waals surface area contributed by atoms with E-state index >= 15 is 0 Å². The van der Waals surface area contributed by atoms with Crippen LogP contribution in [0.3, 0.4) is 0 Å². The number of aliphatic hydroxyl groups excluding tert-OH is 1. The van der Waals surface area contributed by atoms with Crippen molar-refractivity contribution in [1.82, 2.24) is 0 Å². The smallest absolute Gasteiger partial charge is 0.309 e. The number of primary amides is 2. The first kappa shape index (κ1) is 15.6. The maximum absolute atomic E-state index is 9.00. The lowest BCUT2D eigenvalue weighted by atomic mass is 10.9. The summed E-state index contributed by atoms with van der Waals surface area (Å²) in [5, 5.41) is 7.57. The Labute approximate surface area is 54.3 Å². The highest BCUT2D eigenvalue weighted by Gasteiger charge is 1.60. The highest BCUT2D eigenvalue weighted by Crippen LogP contribution is 1.30. The summed E-state index contributed by atoms with van der Waals surface area (Å²) in [6.07, 6.45) is 0. The van der Waals surface area contributed by atoms with Gasteiger partial charge < -0.3 is 16.6 Å². The fourth-order valence-corrected chi connectivity index (χ4v) is 0. The van der Waals surface area contributed by atoms with Gasteiger partial charge in [-0.15, -0.1) is 12.4 Å². The minimum atomic E-state index is -0.833. The summed E-state index contributed by atoms with van der Waals surface area (Å²) in [6, 6.07) is -0.833. The number of rotatable bonds is 0. The fraction of sp³-hybridized carbons (Fsp3) is 0.667. The molecular formula is C3H11ClN2O2. The maximum atomic E-state index is 9.00. The maximum Gasteiger partial charge on any atom is 0.309 e. The zero-order valence-electron chi connectivity index (χ0n) is 4.63. The van der Waals surface area contributed by atoms with E-state index in [2.05, 4.69) is 11.5 Å². The third-order valence-electron chi connectivity index (χ3n) is 0. The summed E-state index contributed by atoms with van der Waals surface area (Å²) in [6.45, 7) is 1.93.